The molecule has 138 valence electrons. The second-order valence-electron chi connectivity index (χ2n) is 7.03. The molecule has 25 heavy (non-hydrogen) atoms. The first kappa shape index (κ1) is 18.2. The highest BCUT2D eigenvalue weighted by molar-refractivity contribution is 7.91. The molecule has 7 heteroatoms. The van der Waals surface area contributed by atoms with Crippen molar-refractivity contribution >= 4 is 21.4 Å². The first-order valence-electron chi connectivity index (χ1n) is 8.93. The molecule has 0 N–H and O–H groups in total. The molecule has 2 aliphatic heterocycles. The molecule has 0 bridgehead atoms. The van der Waals surface area contributed by atoms with Crippen molar-refractivity contribution in [1.29, 1.82) is 0 Å². The van der Waals surface area contributed by atoms with Crippen molar-refractivity contribution in [2.45, 2.75) is 18.9 Å². The summed E-state index contributed by atoms with van der Waals surface area (Å²) < 4.78 is 23.2. The van der Waals surface area contributed by atoms with E-state index in [-0.39, 0.29) is 23.5 Å². The van der Waals surface area contributed by atoms with Crippen LogP contribution in [0.4, 0.5) is 5.69 Å². The lowest BCUT2D eigenvalue weighted by molar-refractivity contribution is -0.132. The predicted molar refractivity (Wildman–Crippen MR) is 99.5 cm³/mol. The molecule has 1 aromatic carbocycles. The van der Waals surface area contributed by atoms with Crippen molar-refractivity contribution in [3.05, 3.63) is 30.3 Å². The zero-order chi connectivity index (χ0) is 17.9. The lowest BCUT2D eigenvalue weighted by atomic mass is 10.2. The summed E-state index contributed by atoms with van der Waals surface area (Å²) in [6.07, 6.45) is 1.58. The molecule has 1 aromatic rings. The molecule has 6 nitrogen and oxygen atoms in total. The fraction of sp³-hybridized carbons (Fsp3) is 0.611. The SMILES string of the molecule is CN(CC(=O)N1CCCN(c2ccccc2)CC1)[C@@H]1CCS(=O)(=O)C1. The fourth-order valence-corrected chi connectivity index (χ4v) is 5.43. The number of anilines is 1. The van der Waals surface area contributed by atoms with Gasteiger partial charge in [0.2, 0.25) is 5.91 Å². The standard InChI is InChI=1S/C18H27N3O3S/c1-19(17-8-13-25(23,24)15-17)14-18(22)21-10-5-9-20(11-12-21)16-6-3-2-4-7-16/h2-4,6-7,17H,5,8-15H2,1H3/t17-/m1/s1. The Morgan fingerprint density at radius 3 is 2.60 bits per heavy atom. The van der Waals surface area contributed by atoms with Crippen LogP contribution >= 0.6 is 0 Å². The van der Waals surface area contributed by atoms with E-state index in [1.165, 1.54) is 5.69 Å². The maximum atomic E-state index is 12.6. The van der Waals surface area contributed by atoms with E-state index in [1.807, 2.05) is 35.0 Å². The van der Waals surface area contributed by atoms with Crippen LogP contribution in [-0.2, 0) is 14.6 Å². The van der Waals surface area contributed by atoms with Crippen molar-refractivity contribution in [2.24, 2.45) is 0 Å². The number of hydrogen-bond acceptors (Lipinski definition) is 5. The number of hydrogen-bond donors (Lipinski definition) is 0. The predicted octanol–water partition coefficient (Wildman–Crippen LogP) is 0.844. The molecule has 0 aromatic heterocycles. The van der Waals surface area contributed by atoms with Gasteiger partial charge < -0.3 is 9.80 Å². The number of rotatable bonds is 4. The van der Waals surface area contributed by atoms with Gasteiger partial charge in [-0.05, 0) is 32.0 Å². The molecule has 0 radical (unpaired) electrons. The van der Waals surface area contributed by atoms with Gasteiger partial charge in [-0.15, -0.1) is 0 Å². The summed E-state index contributed by atoms with van der Waals surface area (Å²) in [6, 6.07) is 10.3. The highest BCUT2D eigenvalue weighted by Gasteiger charge is 2.32. The minimum Gasteiger partial charge on any atom is -0.370 e. The minimum atomic E-state index is -2.92. The number of sulfone groups is 1. The maximum absolute atomic E-state index is 12.6. The van der Waals surface area contributed by atoms with Crippen LogP contribution in [0.3, 0.4) is 0 Å². The number of carbonyl (C=O) groups is 1. The van der Waals surface area contributed by atoms with Crippen molar-refractivity contribution < 1.29 is 13.2 Å². The van der Waals surface area contributed by atoms with E-state index in [2.05, 4.69) is 17.0 Å². The van der Waals surface area contributed by atoms with E-state index >= 15 is 0 Å². The van der Waals surface area contributed by atoms with E-state index in [9.17, 15) is 13.2 Å². The van der Waals surface area contributed by atoms with Gasteiger partial charge in [-0.1, -0.05) is 18.2 Å². The van der Waals surface area contributed by atoms with Crippen molar-refractivity contribution in [3.8, 4) is 0 Å². The van der Waals surface area contributed by atoms with Gasteiger partial charge >= 0.3 is 0 Å². The lowest BCUT2D eigenvalue weighted by Gasteiger charge is -2.27. The second-order valence-corrected chi connectivity index (χ2v) is 9.26. The quantitative estimate of drug-likeness (QED) is 0.791. The van der Waals surface area contributed by atoms with Crippen LogP contribution in [0.1, 0.15) is 12.8 Å². The van der Waals surface area contributed by atoms with Crippen LogP contribution in [0.2, 0.25) is 0 Å². The zero-order valence-electron chi connectivity index (χ0n) is 14.8. The molecule has 1 amide bonds. The Balaban J connectivity index is 1.53. The average molecular weight is 365 g/mol. The van der Waals surface area contributed by atoms with Crippen LogP contribution in [0, 0.1) is 0 Å². The first-order chi connectivity index (χ1) is 11.9. The summed E-state index contributed by atoms with van der Waals surface area (Å²) in [5, 5.41) is 0. The number of likely N-dealkylation sites (N-methyl/N-ethyl adjacent to an activating group) is 1. The Morgan fingerprint density at radius 2 is 1.92 bits per heavy atom. The van der Waals surface area contributed by atoms with Crippen LogP contribution in [-0.4, -0.2) is 81.4 Å². The topological polar surface area (TPSA) is 60.9 Å². The van der Waals surface area contributed by atoms with Gasteiger partial charge in [-0.3, -0.25) is 9.69 Å². The zero-order valence-corrected chi connectivity index (χ0v) is 15.6. The molecule has 0 aliphatic carbocycles. The second kappa shape index (κ2) is 7.74. The lowest BCUT2D eigenvalue weighted by Crippen LogP contribution is -2.44. The van der Waals surface area contributed by atoms with Crippen molar-refractivity contribution in [3.63, 3.8) is 0 Å². The average Bonchev–Trinajstić information content (AvgIpc) is 2.82. The Hall–Kier alpha value is -1.60. The summed E-state index contributed by atoms with van der Waals surface area (Å²) in [6.45, 7) is 3.55. The van der Waals surface area contributed by atoms with Gasteiger partial charge in [0.15, 0.2) is 9.84 Å². The minimum absolute atomic E-state index is 0.0262. The summed E-state index contributed by atoms with van der Waals surface area (Å²) in [5.74, 6) is 0.520. The first-order valence-corrected chi connectivity index (χ1v) is 10.8. The van der Waals surface area contributed by atoms with E-state index in [4.69, 9.17) is 0 Å². The van der Waals surface area contributed by atoms with E-state index in [1.54, 1.807) is 0 Å². The highest BCUT2D eigenvalue weighted by Crippen LogP contribution is 2.18. The summed E-state index contributed by atoms with van der Waals surface area (Å²) in [4.78, 5) is 18.8. The van der Waals surface area contributed by atoms with Crippen LogP contribution in [0.25, 0.3) is 0 Å². The Bertz CT molecular complexity index is 693. The Labute approximate surface area is 150 Å². The normalized spacial score (nSPS) is 23.7. The van der Waals surface area contributed by atoms with Gasteiger partial charge in [-0.2, -0.15) is 0 Å². The molecular formula is C18H27N3O3S. The number of para-hydroxylation sites is 1. The van der Waals surface area contributed by atoms with E-state index in [0.29, 0.717) is 19.5 Å². The molecule has 1 atom stereocenters. The summed E-state index contributed by atoms with van der Waals surface area (Å²) in [5.41, 5.74) is 1.20. The molecular weight excluding hydrogens is 338 g/mol. The number of carbonyl (C=O) groups excluding carboxylic acids is 1. The van der Waals surface area contributed by atoms with E-state index < -0.39 is 9.84 Å². The summed E-state index contributed by atoms with van der Waals surface area (Å²) >= 11 is 0. The summed E-state index contributed by atoms with van der Waals surface area (Å²) in [7, 11) is -1.06. The molecule has 2 fully saturated rings. The van der Waals surface area contributed by atoms with Gasteiger partial charge in [0.25, 0.3) is 0 Å². The molecule has 2 heterocycles. The highest BCUT2D eigenvalue weighted by atomic mass is 32.2. The molecule has 2 aliphatic rings. The van der Waals surface area contributed by atoms with Gasteiger partial charge in [0, 0.05) is 37.9 Å². The molecule has 3 rings (SSSR count). The number of nitrogens with zero attached hydrogens (tertiary/aromatic N) is 3. The van der Waals surface area contributed by atoms with E-state index in [0.717, 1.165) is 26.1 Å². The Kier molecular flexibility index (Phi) is 5.64. The van der Waals surface area contributed by atoms with Crippen molar-refractivity contribution in [2.75, 3.05) is 56.2 Å². The Morgan fingerprint density at radius 1 is 1.16 bits per heavy atom. The fourth-order valence-electron chi connectivity index (χ4n) is 3.63. The van der Waals surface area contributed by atoms with Crippen LogP contribution in [0.5, 0.6) is 0 Å². The third kappa shape index (κ3) is 4.73. The third-order valence-electron chi connectivity index (χ3n) is 5.19. The van der Waals surface area contributed by atoms with Crippen molar-refractivity contribution in [1.82, 2.24) is 9.80 Å². The number of benzene rings is 1. The largest absolute Gasteiger partial charge is 0.370 e. The third-order valence-corrected chi connectivity index (χ3v) is 6.94. The van der Waals surface area contributed by atoms with Crippen LogP contribution < -0.4 is 4.90 Å². The monoisotopic (exact) mass is 365 g/mol. The maximum Gasteiger partial charge on any atom is 0.236 e. The molecule has 0 unspecified atom stereocenters. The van der Waals surface area contributed by atoms with Crippen LogP contribution in [0.15, 0.2) is 30.3 Å². The van der Waals surface area contributed by atoms with Gasteiger partial charge in [-0.25, -0.2) is 8.42 Å². The van der Waals surface area contributed by atoms with Gasteiger partial charge in [0.1, 0.15) is 0 Å². The smallest absolute Gasteiger partial charge is 0.236 e. The van der Waals surface area contributed by atoms with Gasteiger partial charge in [0.05, 0.1) is 18.1 Å². The molecule has 0 saturated carbocycles. The number of amides is 1. The molecule has 2 saturated heterocycles. The molecule has 0 spiro atoms.